The van der Waals surface area contributed by atoms with E-state index in [2.05, 4.69) is 11.0 Å². The zero-order valence-corrected chi connectivity index (χ0v) is 7.53. The highest BCUT2D eigenvalue weighted by atomic mass is 16.6. The normalized spacial score (nSPS) is 26.8. The number of hydrogen-bond acceptors (Lipinski definition) is 3. The van der Waals surface area contributed by atoms with Gasteiger partial charge in [-0.05, 0) is 18.9 Å². The minimum Gasteiger partial charge on any atom is -0.443 e. The van der Waals surface area contributed by atoms with Crippen LogP contribution in [0.1, 0.15) is 24.7 Å². The number of epoxide rings is 1. The second-order valence-electron chi connectivity index (χ2n) is 3.69. The molecular formula is C10H13NO2. The second-order valence-corrected chi connectivity index (χ2v) is 3.69. The molecule has 3 nitrogen and oxygen atoms in total. The maximum absolute atomic E-state index is 5.69. The maximum Gasteiger partial charge on any atom is 0.195 e. The predicted molar refractivity (Wildman–Crippen MR) is 48.8 cm³/mol. The molecule has 3 heterocycles. The molecule has 1 aromatic rings. The van der Waals surface area contributed by atoms with Crippen molar-refractivity contribution in [1.29, 1.82) is 0 Å². The lowest BCUT2D eigenvalue weighted by atomic mass is 10.4. The van der Waals surface area contributed by atoms with Gasteiger partial charge < -0.3 is 14.1 Å². The molecule has 1 unspecified atom stereocenters. The van der Waals surface area contributed by atoms with E-state index in [1.165, 1.54) is 12.8 Å². The molecule has 70 valence electrons. The van der Waals surface area contributed by atoms with E-state index in [4.69, 9.17) is 9.15 Å². The van der Waals surface area contributed by atoms with Crippen LogP contribution in [-0.2, 0) is 4.74 Å². The monoisotopic (exact) mass is 179 g/mol. The third-order valence-electron chi connectivity index (χ3n) is 2.68. The Kier molecular flexibility index (Phi) is 1.59. The summed E-state index contributed by atoms with van der Waals surface area (Å²) in [4.78, 5) is 2.30. The van der Waals surface area contributed by atoms with Crippen LogP contribution in [0.15, 0.2) is 16.5 Å². The average Bonchev–Trinajstić information content (AvgIpc) is 2.72. The van der Waals surface area contributed by atoms with Crippen molar-refractivity contribution < 1.29 is 9.15 Å². The summed E-state index contributed by atoms with van der Waals surface area (Å²) >= 11 is 0. The fourth-order valence-electron chi connectivity index (χ4n) is 1.84. The van der Waals surface area contributed by atoms with Gasteiger partial charge in [0.05, 0.1) is 6.61 Å². The van der Waals surface area contributed by atoms with Crippen molar-refractivity contribution in [3.8, 4) is 0 Å². The van der Waals surface area contributed by atoms with E-state index in [1.807, 2.05) is 6.07 Å². The molecule has 0 N–H and O–H groups in total. The van der Waals surface area contributed by atoms with Gasteiger partial charge in [0.25, 0.3) is 0 Å². The van der Waals surface area contributed by atoms with Gasteiger partial charge in [-0.1, -0.05) is 0 Å². The van der Waals surface area contributed by atoms with Crippen LogP contribution in [0.3, 0.4) is 0 Å². The first-order valence-corrected chi connectivity index (χ1v) is 4.90. The Balaban J connectivity index is 1.79. The standard InChI is InChI=1S/C10H13NO2/c1-2-6-11(5-1)10-4-3-8(13-10)9-7-12-9/h3-4,9H,1-2,5-7H2. The van der Waals surface area contributed by atoms with Crippen LogP contribution in [0.5, 0.6) is 0 Å². The molecule has 1 atom stereocenters. The summed E-state index contributed by atoms with van der Waals surface area (Å²) in [6.45, 7) is 3.10. The second kappa shape index (κ2) is 2.77. The predicted octanol–water partition coefficient (Wildman–Crippen LogP) is 1.95. The molecule has 0 spiro atoms. The van der Waals surface area contributed by atoms with Crippen LogP contribution in [-0.4, -0.2) is 19.7 Å². The summed E-state index contributed by atoms with van der Waals surface area (Å²) in [6.07, 6.45) is 2.82. The highest BCUT2D eigenvalue weighted by Crippen LogP contribution is 2.34. The molecule has 0 radical (unpaired) electrons. The first-order valence-electron chi connectivity index (χ1n) is 4.90. The van der Waals surface area contributed by atoms with Crippen LogP contribution in [0.2, 0.25) is 0 Å². The van der Waals surface area contributed by atoms with Gasteiger partial charge in [-0.25, -0.2) is 0 Å². The van der Waals surface area contributed by atoms with Crippen molar-refractivity contribution in [2.75, 3.05) is 24.6 Å². The summed E-state index contributed by atoms with van der Waals surface area (Å²) in [6, 6.07) is 4.09. The Bertz CT molecular complexity index is 298. The highest BCUT2D eigenvalue weighted by Gasteiger charge is 2.29. The van der Waals surface area contributed by atoms with Crippen molar-refractivity contribution in [2.24, 2.45) is 0 Å². The van der Waals surface area contributed by atoms with Crippen molar-refractivity contribution in [2.45, 2.75) is 18.9 Å². The van der Waals surface area contributed by atoms with Gasteiger partial charge in [0.2, 0.25) is 0 Å². The van der Waals surface area contributed by atoms with Crippen LogP contribution in [0.25, 0.3) is 0 Å². The van der Waals surface area contributed by atoms with E-state index in [-0.39, 0.29) is 6.10 Å². The third kappa shape index (κ3) is 1.33. The quantitative estimate of drug-likeness (QED) is 0.650. The smallest absolute Gasteiger partial charge is 0.195 e. The molecule has 13 heavy (non-hydrogen) atoms. The topological polar surface area (TPSA) is 28.9 Å². The number of nitrogens with zero attached hydrogens (tertiary/aromatic N) is 1. The Morgan fingerprint density at radius 2 is 2.00 bits per heavy atom. The van der Waals surface area contributed by atoms with Crippen LogP contribution >= 0.6 is 0 Å². The summed E-state index contributed by atoms with van der Waals surface area (Å²) < 4.78 is 10.9. The average molecular weight is 179 g/mol. The van der Waals surface area contributed by atoms with Crippen LogP contribution < -0.4 is 4.90 Å². The molecule has 0 saturated carbocycles. The third-order valence-corrected chi connectivity index (χ3v) is 2.68. The van der Waals surface area contributed by atoms with Crippen molar-refractivity contribution in [1.82, 2.24) is 0 Å². The maximum atomic E-state index is 5.69. The van der Waals surface area contributed by atoms with Gasteiger partial charge in [0, 0.05) is 19.2 Å². The molecule has 1 aromatic heterocycles. The largest absolute Gasteiger partial charge is 0.443 e. The Labute approximate surface area is 77.3 Å². The van der Waals surface area contributed by atoms with Gasteiger partial charge in [-0.2, -0.15) is 0 Å². The molecule has 2 fully saturated rings. The van der Waals surface area contributed by atoms with Crippen molar-refractivity contribution >= 4 is 5.88 Å². The molecule has 2 aliphatic heterocycles. The lowest BCUT2D eigenvalue weighted by Gasteiger charge is -2.12. The number of ether oxygens (including phenoxy) is 1. The summed E-state index contributed by atoms with van der Waals surface area (Å²) in [5, 5.41) is 0. The van der Waals surface area contributed by atoms with E-state index in [0.29, 0.717) is 0 Å². The number of hydrogen-bond donors (Lipinski definition) is 0. The minimum absolute atomic E-state index is 0.247. The Morgan fingerprint density at radius 1 is 1.23 bits per heavy atom. The molecule has 2 saturated heterocycles. The first kappa shape index (κ1) is 7.44. The lowest BCUT2D eigenvalue weighted by Crippen LogP contribution is -2.16. The van der Waals surface area contributed by atoms with Gasteiger partial charge in [-0.3, -0.25) is 0 Å². The van der Waals surface area contributed by atoms with Gasteiger partial charge in [0.1, 0.15) is 11.9 Å². The Hall–Kier alpha value is -0.960. The van der Waals surface area contributed by atoms with Crippen molar-refractivity contribution in [3.63, 3.8) is 0 Å². The first-order chi connectivity index (χ1) is 6.43. The van der Waals surface area contributed by atoms with Gasteiger partial charge in [0.15, 0.2) is 5.88 Å². The SMILES string of the molecule is c1cc(N2CCCC2)oc1C1CO1. The summed E-state index contributed by atoms with van der Waals surface area (Å²) in [5.74, 6) is 2.00. The Morgan fingerprint density at radius 3 is 2.69 bits per heavy atom. The van der Waals surface area contributed by atoms with E-state index < -0.39 is 0 Å². The molecule has 3 heteroatoms. The van der Waals surface area contributed by atoms with Gasteiger partial charge in [-0.15, -0.1) is 0 Å². The van der Waals surface area contributed by atoms with E-state index in [0.717, 1.165) is 31.3 Å². The number of furan rings is 1. The summed E-state index contributed by atoms with van der Waals surface area (Å²) in [7, 11) is 0. The molecular weight excluding hydrogens is 166 g/mol. The summed E-state index contributed by atoms with van der Waals surface area (Å²) in [5.41, 5.74) is 0. The number of anilines is 1. The van der Waals surface area contributed by atoms with Crippen molar-refractivity contribution in [3.05, 3.63) is 17.9 Å². The molecule has 3 rings (SSSR count). The van der Waals surface area contributed by atoms with Gasteiger partial charge >= 0.3 is 0 Å². The minimum atomic E-state index is 0.247. The zero-order valence-electron chi connectivity index (χ0n) is 7.53. The fourth-order valence-corrected chi connectivity index (χ4v) is 1.84. The molecule has 0 aromatic carbocycles. The van der Waals surface area contributed by atoms with E-state index >= 15 is 0 Å². The molecule has 2 aliphatic rings. The lowest BCUT2D eigenvalue weighted by molar-refractivity contribution is 0.371. The molecule has 0 aliphatic carbocycles. The number of rotatable bonds is 2. The fraction of sp³-hybridized carbons (Fsp3) is 0.600. The van der Waals surface area contributed by atoms with E-state index in [9.17, 15) is 0 Å². The van der Waals surface area contributed by atoms with Crippen LogP contribution in [0.4, 0.5) is 5.88 Å². The van der Waals surface area contributed by atoms with Crippen LogP contribution in [0, 0.1) is 0 Å². The van der Waals surface area contributed by atoms with E-state index in [1.54, 1.807) is 0 Å². The molecule has 0 bridgehead atoms. The highest BCUT2D eigenvalue weighted by molar-refractivity contribution is 5.38. The zero-order chi connectivity index (χ0) is 8.67. The molecule has 0 amide bonds.